The first-order valence-electron chi connectivity index (χ1n) is 6.05. The third-order valence-corrected chi connectivity index (χ3v) is 2.83. The Hall–Kier alpha value is -2.28. The molecule has 0 saturated heterocycles. The van der Waals surface area contributed by atoms with E-state index in [1.54, 1.807) is 0 Å². The number of nitrogen functional groups attached to an aromatic ring is 1. The summed E-state index contributed by atoms with van der Waals surface area (Å²) in [5.74, 6) is 0. The molecule has 0 aliphatic rings. The van der Waals surface area contributed by atoms with Gasteiger partial charge in [-0.3, -0.25) is 4.68 Å². The fourth-order valence-corrected chi connectivity index (χ4v) is 1.86. The van der Waals surface area contributed by atoms with Gasteiger partial charge in [-0.05, 0) is 18.9 Å². The van der Waals surface area contributed by atoms with E-state index in [1.807, 2.05) is 41.3 Å². The lowest BCUT2D eigenvalue weighted by atomic mass is 10.1. The maximum atomic E-state index is 8.46. The zero-order chi connectivity index (χ0) is 12.8. The zero-order valence-electron chi connectivity index (χ0n) is 10.2. The van der Waals surface area contributed by atoms with Crippen molar-refractivity contribution in [2.24, 2.45) is 0 Å². The molecule has 0 radical (unpaired) electrons. The second kappa shape index (κ2) is 5.87. The van der Waals surface area contributed by atoms with Crippen molar-refractivity contribution < 1.29 is 0 Å². The van der Waals surface area contributed by atoms with Crippen LogP contribution >= 0.6 is 0 Å². The van der Waals surface area contributed by atoms with Gasteiger partial charge in [-0.2, -0.15) is 10.4 Å². The summed E-state index contributed by atoms with van der Waals surface area (Å²) in [5, 5.41) is 12.8. The standard InChI is InChI=1S/C14H16N4/c15-8-4-1-5-9-18-11-12(10-17-18)13-6-2-3-7-14(13)16/h2-3,6-7,10-11H,1,4-5,9,16H2. The number of para-hydroxylation sites is 1. The summed E-state index contributed by atoms with van der Waals surface area (Å²) >= 11 is 0. The van der Waals surface area contributed by atoms with Gasteiger partial charge in [0.1, 0.15) is 0 Å². The van der Waals surface area contributed by atoms with Crippen LogP contribution < -0.4 is 5.73 Å². The molecule has 4 heteroatoms. The molecule has 1 heterocycles. The van der Waals surface area contributed by atoms with Gasteiger partial charge in [-0.1, -0.05) is 18.2 Å². The Morgan fingerprint density at radius 3 is 2.89 bits per heavy atom. The van der Waals surface area contributed by atoms with Crippen LogP contribution in [0.4, 0.5) is 5.69 Å². The molecule has 2 N–H and O–H groups in total. The van der Waals surface area contributed by atoms with Crippen molar-refractivity contribution in [1.82, 2.24) is 9.78 Å². The van der Waals surface area contributed by atoms with Crippen LogP contribution in [0, 0.1) is 11.3 Å². The van der Waals surface area contributed by atoms with Crippen molar-refractivity contribution in [1.29, 1.82) is 5.26 Å². The lowest BCUT2D eigenvalue weighted by Gasteiger charge is -2.01. The van der Waals surface area contributed by atoms with Crippen LogP contribution in [0.1, 0.15) is 19.3 Å². The second-order valence-corrected chi connectivity index (χ2v) is 4.19. The Kier molecular flexibility index (Phi) is 3.98. The van der Waals surface area contributed by atoms with Crippen molar-refractivity contribution in [3.8, 4) is 17.2 Å². The van der Waals surface area contributed by atoms with Crippen LogP contribution in [-0.4, -0.2) is 9.78 Å². The van der Waals surface area contributed by atoms with Gasteiger partial charge in [0, 0.05) is 36.0 Å². The number of unbranched alkanes of at least 4 members (excludes halogenated alkanes) is 2. The van der Waals surface area contributed by atoms with E-state index >= 15 is 0 Å². The fourth-order valence-electron chi connectivity index (χ4n) is 1.86. The molecule has 0 aliphatic carbocycles. The molecule has 0 spiro atoms. The van der Waals surface area contributed by atoms with Gasteiger partial charge in [0.25, 0.3) is 0 Å². The summed E-state index contributed by atoms with van der Waals surface area (Å²) in [6.45, 7) is 0.842. The summed E-state index contributed by atoms with van der Waals surface area (Å²) in [6, 6.07) is 9.92. The van der Waals surface area contributed by atoms with Crippen LogP contribution in [0.2, 0.25) is 0 Å². The van der Waals surface area contributed by atoms with Gasteiger partial charge >= 0.3 is 0 Å². The highest BCUT2D eigenvalue weighted by atomic mass is 15.3. The number of nitrogens with two attached hydrogens (primary N) is 1. The summed E-state index contributed by atoms with van der Waals surface area (Å²) < 4.78 is 1.90. The molecular weight excluding hydrogens is 224 g/mol. The highest BCUT2D eigenvalue weighted by Gasteiger charge is 2.04. The average Bonchev–Trinajstić information content (AvgIpc) is 2.84. The number of aryl methyl sites for hydroxylation is 1. The van der Waals surface area contributed by atoms with E-state index in [0.717, 1.165) is 36.2 Å². The minimum absolute atomic E-state index is 0.611. The fraction of sp³-hybridized carbons (Fsp3) is 0.286. The molecule has 0 aliphatic heterocycles. The molecule has 0 unspecified atom stereocenters. The lowest BCUT2D eigenvalue weighted by Crippen LogP contribution is -1.97. The first-order chi connectivity index (χ1) is 8.81. The van der Waals surface area contributed by atoms with E-state index in [1.165, 1.54) is 0 Å². The number of benzene rings is 1. The van der Waals surface area contributed by atoms with Gasteiger partial charge in [0.05, 0.1) is 12.3 Å². The number of hydrogen-bond acceptors (Lipinski definition) is 3. The Balaban J connectivity index is 2.03. The van der Waals surface area contributed by atoms with E-state index in [-0.39, 0.29) is 0 Å². The summed E-state index contributed by atoms with van der Waals surface area (Å²) in [4.78, 5) is 0. The highest BCUT2D eigenvalue weighted by Crippen LogP contribution is 2.24. The predicted molar refractivity (Wildman–Crippen MR) is 71.5 cm³/mol. The SMILES string of the molecule is N#CCCCCn1cc(-c2ccccc2N)cn1. The molecule has 1 aromatic heterocycles. The Morgan fingerprint density at radius 2 is 2.11 bits per heavy atom. The quantitative estimate of drug-likeness (QED) is 0.645. The van der Waals surface area contributed by atoms with Gasteiger partial charge in [-0.15, -0.1) is 0 Å². The lowest BCUT2D eigenvalue weighted by molar-refractivity contribution is 0.562. The van der Waals surface area contributed by atoms with E-state index in [9.17, 15) is 0 Å². The average molecular weight is 240 g/mol. The Labute approximate surface area is 107 Å². The first-order valence-corrected chi connectivity index (χ1v) is 6.05. The number of hydrogen-bond donors (Lipinski definition) is 1. The molecule has 0 fully saturated rings. The molecule has 92 valence electrons. The van der Waals surface area contributed by atoms with Crippen molar-refractivity contribution in [2.75, 3.05) is 5.73 Å². The van der Waals surface area contributed by atoms with Gasteiger partial charge in [0.15, 0.2) is 0 Å². The number of aromatic nitrogens is 2. The van der Waals surface area contributed by atoms with Crippen molar-refractivity contribution in [3.05, 3.63) is 36.7 Å². The topological polar surface area (TPSA) is 67.6 Å². The van der Waals surface area contributed by atoms with Crippen molar-refractivity contribution in [2.45, 2.75) is 25.8 Å². The van der Waals surface area contributed by atoms with Crippen molar-refractivity contribution in [3.63, 3.8) is 0 Å². The van der Waals surface area contributed by atoms with Crippen LogP contribution in [0.3, 0.4) is 0 Å². The van der Waals surface area contributed by atoms with Gasteiger partial charge in [-0.25, -0.2) is 0 Å². The largest absolute Gasteiger partial charge is 0.398 e. The van der Waals surface area contributed by atoms with E-state index in [0.29, 0.717) is 6.42 Å². The predicted octanol–water partition coefficient (Wildman–Crippen LogP) is 2.83. The second-order valence-electron chi connectivity index (χ2n) is 4.19. The third kappa shape index (κ3) is 2.89. The monoisotopic (exact) mass is 240 g/mol. The number of anilines is 1. The Morgan fingerprint density at radius 1 is 1.28 bits per heavy atom. The maximum absolute atomic E-state index is 8.46. The molecule has 2 aromatic rings. The summed E-state index contributed by atoms with van der Waals surface area (Å²) in [6.07, 6.45) is 6.33. The van der Waals surface area contributed by atoms with Crippen LogP contribution in [0.5, 0.6) is 0 Å². The number of nitrogens with zero attached hydrogens (tertiary/aromatic N) is 3. The van der Waals surface area contributed by atoms with Crippen LogP contribution in [0.15, 0.2) is 36.7 Å². The zero-order valence-corrected chi connectivity index (χ0v) is 10.2. The minimum Gasteiger partial charge on any atom is -0.398 e. The van der Waals surface area contributed by atoms with E-state index in [2.05, 4.69) is 11.2 Å². The van der Waals surface area contributed by atoms with Gasteiger partial charge < -0.3 is 5.73 Å². The molecular formula is C14H16N4. The molecule has 0 atom stereocenters. The first kappa shape index (κ1) is 12.2. The minimum atomic E-state index is 0.611. The normalized spacial score (nSPS) is 10.2. The summed E-state index contributed by atoms with van der Waals surface area (Å²) in [5.41, 5.74) is 8.74. The molecule has 1 aromatic carbocycles. The molecule has 0 amide bonds. The summed E-state index contributed by atoms with van der Waals surface area (Å²) in [7, 11) is 0. The molecule has 0 saturated carbocycles. The van der Waals surface area contributed by atoms with E-state index in [4.69, 9.17) is 11.0 Å². The van der Waals surface area contributed by atoms with Crippen LogP contribution in [0.25, 0.3) is 11.1 Å². The van der Waals surface area contributed by atoms with Crippen molar-refractivity contribution >= 4 is 5.69 Å². The molecule has 4 nitrogen and oxygen atoms in total. The van der Waals surface area contributed by atoms with Crippen LogP contribution in [-0.2, 0) is 6.54 Å². The van der Waals surface area contributed by atoms with E-state index < -0.39 is 0 Å². The number of nitriles is 1. The molecule has 2 rings (SSSR count). The smallest absolute Gasteiger partial charge is 0.0621 e. The molecule has 0 bridgehead atoms. The number of rotatable bonds is 5. The third-order valence-electron chi connectivity index (χ3n) is 2.83. The highest BCUT2D eigenvalue weighted by molar-refractivity contribution is 5.75. The van der Waals surface area contributed by atoms with Gasteiger partial charge in [0.2, 0.25) is 0 Å². The Bertz CT molecular complexity index is 551. The maximum Gasteiger partial charge on any atom is 0.0621 e. The molecule has 18 heavy (non-hydrogen) atoms.